The molecular formula is C13H13N7. The first kappa shape index (κ1) is 13.3. The van der Waals surface area contributed by atoms with E-state index in [0.717, 1.165) is 11.1 Å². The number of nitrogens with two attached hydrogens (primary N) is 1. The van der Waals surface area contributed by atoms with E-state index in [2.05, 4.69) is 30.7 Å². The van der Waals surface area contributed by atoms with Crippen molar-refractivity contribution >= 4 is 18.4 Å². The maximum absolute atomic E-state index is 5.58. The second kappa shape index (κ2) is 7.37. The van der Waals surface area contributed by atoms with Crippen LogP contribution in [0.5, 0.6) is 0 Å². The Balaban J connectivity index is 1.86. The average molecular weight is 267 g/mol. The Hall–Kier alpha value is -3.09. The molecule has 0 fully saturated rings. The largest absolute Gasteiger partial charge is 0.367 e. The van der Waals surface area contributed by atoms with E-state index in [1.165, 1.54) is 0 Å². The topological polar surface area (TPSA) is 101 Å². The predicted octanol–water partition coefficient (Wildman–Crippen LogP) is 0.749. The first-order chi connectivity index (χ1) is 9.84. The lowest BCUT2D eigenvalue weighted by atomic mass is 10.3. The molecule has 2 rings (SSSR count). The molecule has 0 aromatic carbocycles. The van der Waals surface area contributed by atoms with Crippen LogP contribution in [0.1, 0.15) is 11.1 Å². The van der Waals surface area contributed by atoms with Crippen molar-refractivity contribution in [3.8, 4) is 0 Å². The van der Waals surface area contributed by atoms with Crippen molar-refractivity contribution in [2.24, 2.45) is 21.0 Å². The van der Waals surface area contributed by atoms with Crippen LogP contribution < -0.4 is 11.2 Å². The molecule has 0 saturated carbocycles. The maximum atomic E-state index is 5.58. The number of pyridine rings is 2. The van der Waals surface area contributed by atoms with E-state index in [1.807, 2.05) is 24.3 Å². The smallest absolute Gasteiger partial charge is 0.234 e. The van der Waals surface area contributed by atoms with E-state index in [9.17, 15) is 0 Å². The fraction of sp³-hybridized carbons (Fsp3) is 0. The van der Waals surface area contributed by atoms with Gasteiger partial charge < -0.3 is 5.73 Å². The van der Waals surface area contributed by atoms with Gasteiger partial charge in [0.05, 0.1) is 12.4 Å². The Morgan fingerprint density at radius 2 is 1.70 bits per heavy atom. The Kier molecular flexibility index (Phi) is 4.92. The molecule has 0 spiro atoms. The monoisotopic (exact) mass is 267 g/mol. The summed E-state index contributed by atoms with van der Waals surface area (Å²) in [5, 5.41) is 11.5. The Morgan fingerprint density at radius 3 is 2.30 bits per heavy atom. The van der Waals surface area contributed by atoms with E-state index in [4.69, 9.17) is 5.73 Å². The Morgan fingerprint density at radius 1 is 1.05 bits per heavy atom. The lowest BCUT2D eigenvalue weighted by molar-refractivity contribution is 0.993. The van der Waals surface area contributed by atoms with Crippen LogP contribution in [0.25, 0.3) is 0 Å². The molecule has 0 radical (unpaired) electrons. The zero-order chi connectivity index (χ0) is 14.0. The molecule has 2 heterocycles. The molecule has 7 nitrogen and oxygen atoms in total. The molecule has 7 heteroatoms. The van der Waals surface area contributed by atoms with Crippen LogP contribution in [0.2, 0.25) is 0 Å². The van der Waals surface area contributed by atoms with Crippen molar-refractivity contribution in [1.29, 1.82) is 0 Å². The summed E-state index contributed by atoms with van der Waals surface area (Å²) in [6.45, 7) is 0. The summed E-state index contributed by atoms with van der Waals surface area (Å²) in [7, 11) is 0. The second-order valence-electron chi connectivity index (χ2n) is 3.67. The second-order valence-corrected chi connectivity index (χ2v) is 3.67. The fourth-order valence-corrected chi connectivity index (χ4v) is 1.26. The molecule has 0 saturated heterocycles. The number of nitrogens with zero attached hydrogens (tertiary/aromatic N) is 5. The molecule has 20 heavy (non-hydrogen) atoms. The number of rotatable bonds is 4. The lowest BCUT2D eigenvalue weighted by Gasteiger charge is -1.95. The Labute approximate surface area is 116 Å². The van der Waals surface area contributed by atoms with Gasteiger partial charge in [-0.2, -0.15) is 10.2 Å². The first-order valence-corrected chi connectivity index (χ1v) is 5.80. The van der Waals surface area contributed by atoms with Crippen LogP contribution in [0.3, 0.4) is 0 Å². The summed E-state index contributed by atoms with van der Waals surface area (Å²) < 4.78 is 0. The molecule has 0 amide bonds. The molecule has 0 aliphatic heterocycles. The number of guanidine groups is 1. The average Bonchev–Trinajstić information content (AvgIpc) is 2.49. The van der Waals surface area contributed by atoms with Crippen LogP contribution in [0, 0.1) is 0 Å². The van der Waals surface area contributed by atoms with E-state index in [0.29, 0.717) is 0 Å². The first-order valence-electron chi connectivity index (χ1n) is 5.80. The van der Waals surface area contributed by atoms with Gasteiger partial charge >= 0.3 is 0 Å². The standard InChI is InChI=1S/C13H13N7/c14-13(19-17-9-11-3-1-5-15-7-11)20-18-10-12-4-2-6-16-8-12/h1-10H,(H3,14,19,20)/b17-9+,18-10+. The quantitative estimate of drug-likeness (QED) is 0.485. The molecule has 0 unspecified atom stereocenters. The van der Waals surface area contributed by atoms with E-state index < -0.39 is 0 Å². The highest BCUT2D eigenvalue weighted by Crippen LogP contribution is 1.91. The van der Waals surface area contributed by atoms with Gasteiger partial charge in [-0.1, -0.05) is 12.1 Å². The summed E-state index contributed by atoms with van der Waals surface area (Å²) in [6, 6.07) is 7.35. The summed E-state index contributed by atoms with van der Waals surface area (Å²) in [6.07, 6.45) is 9.85. The van der Waals surface area contributed by atoms with Crippen molar-refractivity contribution in [2.45, 2.75) is 0 Å². The number of hydrazone groups is 1. The zero-order valence-corrected chi connectivity index (χ0v) is 10.6. The molecule has 0 aliphatic carbocycles. The highest BCUT2D eigenvalue weighted by atomic mass is 15.4. The predicted molar refractivity (Wildman–Crippen MR) is 78.4 cm³/mol. The number of hydrogen-bond acceptors (Lipinski definition) is 5. The summed E-state index contributed by atoms with van der Waals surface area (Å²) in [5.74, 6) is 0.0882. The van der Waals surface area contributed by atoms with Crippen molar-refractivity contribution in [1.82, 2.24) is 15.4 Å². The van der Waals surface area contributed by atoms with Gasteiger partial charge in [0.1, 0.15) is 0 Å². The highest BCUT2D eigenvalue weighted by molar-refractivity contribution is 5.84. The number of nitrogens with one attached hydrogen (secondary N) is 1. The van der Waals surface area contributed by atoms with E-state index in [1.54, 1.807) is 37.2 Å². The minimum Gasteiger partial charge on any atom is -0.367 e. The molecule has 0 atom stereocenters. The normalized spacial score (nSPS) is 12.1. The van der Waals surface area contributed by atoms with Crippen molar-refractivity contribution < 1.29 is 0 Å². The summed E-state index contributed by atoms with van der Waals surface area (Å²) in [4.78, 5) is 7.91. The van der Waals surface area contributed by atoms with Gasteiger partial charge in [-0.3, -0.25) is 9.97 Å². The lowest BCUT2D eigenvalue weighted by Crippen LogP contribution is -2.26. The van der Waals surface area contributed by atoms with E-state index >= 15 is 0 Å². The van der Waals surface area contributed by atoms with Gasteiger partial charge in [0.2, 0.25) is 5.96 Å². The minimum atomic E-state index is 0.0882. The van der Waals surface area contributed by atoms with Gasteiger partial charge in [-0.15, -0.1) is 5.10 Å². The minimum absolute atomic E-state index is 0.0882. The van der Waals surface area contributed by atoms with Gasteiger partial charge in [0.25, 0.3) is 0 Å². The third-order valence-electron chi connectivity index (χ3n) is 2.13. The zero-order valence-electron chi connectivity index (χ0n) is 10.6. The van der Waals surface area contributed by atoms with Crippen molar-refractivity contribution in [3.05, 3.63) is 60.2 Å². The van der Waals surface area contributed by atoms with Crippen LogP contribution >= 0.6 is 0 Å². The van der Waals surface area contributed by atoms with Gasteiger partial charge in [0, 0.05) is 35.9 Å². The van der Waals surface area contributed by atoms with Crippen LogP contribution in [0.4, 0.5) is 0 Å². The van der Waals surface area contributed by atoms with Gasteiger partial charge in [-0.25, -0.2) is 5.43 Å². The van der Waals surface area contributed by atoms with Crippen LogP contribution in [-0.4, -0.2) is 28.4 Å². The van der Waals surface area contributed by atoms with Crippen LogP contribution in [-0.2, 0) is 0 Å². The maximum Gasteiger partial charge on any atom is 0.234 e. The third kappa shape index (κ3) is 4.65. The molecule has 2 aromatic heterocycles. The fourth-order valence-electron chi connectivity index (χ4n) is 1.26. The molecule has 100 valence electrons. The molecule has 2 aromatic rings. The third-order valence-corrected chi connectivity index (χ3v) is 2.13. The molecular weight excluding hydrogens is 254 g/mol. The summed E-state index contributed by atoms with van der Waals surface area (Å²) >= 11 is 0. The van der Waals surface area contributed by atoms with Gasteiger partial charge in [-0.05, 0) is 12.1 Å². The van der Waals surface area contributed by atoms with Crippen LogP contribution in [0.15, 0.2) is 64.4 Å². The molecule has 3 N–H and O–H groups in total. The van der Waals surface area contributed by atoms with Gasteiger partial charge in [0.15, 0.2) is 0 Å². The SMILES string of the molecule is N/C(=N/N=C/c1cccnc1)N/N=C/c1cccnc1. The van der Waals surface area contributed by atoms with E-state index in [-0.39, 0.29) is 5.96 Å². The molecule has 0 aliphatic rings. The molecule has 0 bridgehead atoms. The highest BCUT2D eigenvalue weighted by Gasteiger charge is 1.88. The number of hydrogen-bond donors (Lipinski definition) is 2. The summed E-state index contributed by atoms with van der Waals surface area (Å²) in [5.41, 5.74) is 9.83. The number of aromatic nitrogens is 2. The van der Waals surface area contributed by atoms with Crippen molar-refractivity contribution in [2.75, 3.05) is 0 Å². The van der Waals surface area contributed by atoms with Crippen molar-refractivity contribution in [3.63, 3.8) is 0 Å². The Bertz CT molecular complexity index is 605.